The Hall–Kier alpha value is -2.56. The van der Waals surface area contributed by atoms with Crippen molar-refractivity contribution in [1.82, 2.24) is 9.80 Å². The fourth-order valence-electron chi connectivity index (χ4n) is 3.62. The molecular formula is C26H26Cl2FeN4. The topological polar surface area (TPSA) is 31.2 Å². The van der Waals surface area contributed by atoms with E-state index in [0.717, 1.165) is 22.5 Å². The molecule has 4 aromatic rings. The summed E-state index contributed by atoms with van der Waals surface area (Å²) in [6.07, 6.45) is 3.70. The van der Waals surface area contributed by atoms with Crippen molar-refractivity contribution in [3.63, 3.8) is 0 Å². The van der Waals surface area contributed by atoms with E-state index in [1.807, 2.05) is 50.7 Å². The molecule has 0 saturated heterocycles. The van der Waals surface area contributed by atoms with Crippen LogP contribution in [0.25, 0.3) is 32.7 Å². The van der Waals surface area contributed by atoms with Crippen molar-refractivity contribution >= 4 is 65.8 Å². The molecule has 0 heterocycles. The Bertz CT molecular complexity index is 1190. The van der Waals surface area contributed by atoms with Gasteiger partial charge in [0.2, 0.25) is 0 Å². The summed E-state index contributed by atoms with van der Waals surface area (Å²) in [4.78, 5) is 13.5. The SMILES string of the molecule is CN(C)C=Nc1ccc2ccccc2c1-c1c(N=CN(C)C)ccc2ccccc12.[Cl][Fe][Cl]. The monoisotopic (exact) mass is 520 g/mol. The van der Waals surface area contributed by atoms with Crippen LogP contribution in [0.5, 0.6) is 0 Å². The van der Waals surface area contributed by atoms with Crippen LogP contribution in [0.1, 0.15) is 0 Å². The van der Waals surface area contributed by atoms with E-state index >= 15 is 0 Å². The zero-order valence-corrected chi connectivity index (χ0v) is 21.6. The fraction of sp³-hybridized carbons (Fsp3) is 0.154. The van der Waals surface area contributed by atoms with Crippen molar-refractivity contribution in [2.75, 3.05) is 28.2 Å². The third-order valence-corrected chi connectivity index (χ3v) is 4.92. The van der Waals surface area contributed by atoms with Crippen LogP contribution in [-0.4, -0.2) is 50.7 Å². The molecule has 4 rings (SSSR count). The first-order valence-corrected chi connectivity index (χ1v) is 13.3. The number of halogens is 2. The van der Waals surface area contributed by atoms with Gasteiger partial charge in [-0.1, -0.05) is 60.7 Å². The predicted molar refractivity (Wildman–Crippen MR) is 142 cm³/mol. The molecule has 0 unspecified atom stereocenters. The predicted octanol–water partition coefficient (Wildman–Crippen LogP) is 7.48. The zero-order chi connectivity index (χ0) is 23.8. The Morgan fingerprint density at radius 3 is 1.33 bits per heavy atom. The molecule has 0 atom stereocenters. The van der Waals surface area contributed by atoms with Gasteiger partial charge in [-0.15, -0.1) is 0 Å². The maximum atomic E-state index is 4.81. The molecule has 0 fully saturated rings. The molecule has 0 aliphatic heterocycles. The van der Waals surface area contributed by atoms with Gasteiger partial charge in [-0.05, 0) is 33.7 Å². The molecule has 0 spiro atoms. The molecule has 4 nitrogen and oxygen atoms in total. The average Bonchev–Trinajstić information content (AvgIpc) is 2.81. The third kappa shape index (κ3) is 6.27. The van der Waals surface area contributed by atoms with E-state index in [9.17, 15) is 0 Å². The molecule has 4 aromatic carbocycles. The second-order valence-electron chi connectivity index (χ2n) is 7.83. The van der Waals surface area contributed by atoms with Gasteiger partial charge in [-0.3, -0.25) is 0 Å². The molecule has 0 aromatic heterocycles. The van der Waals surface area contributed by atoms with Crippen LogP contribution < -0.4 is 0 Å². The van der Waals surface area contributed by atoms with Crippen molar-refractivity contribution in [1.29, 1.82) is 0 Å². The number of aliphatic imine (C=N–C) groups is 2. The second kappa shape index (κ2) is 12.1. The Morgan fingerprint density at radius 2 is 0.970 bits per heavy atom. The third-order valence-electron chi connectivity index (χ3n) is 4.92. The molecule has 0 aliphatic carbocycles. The first-order valence-electron chi connectivity index (χ1n) is 10.3. The Morgan fingerprint density at radius 1 is 0.606 bits per heavy atom. The van der Waals surface area contributed by atoms with Crippen LogP contribution in [0.15, 0.2) is 82.8 Å². The van der Waals surface area contributed by atoms with E-state index in [-0.39, 0.29) is 13.1 Å². The maximum absolute atomic E-state index is 4.81. The van der Waals surface area contributed by atoms with Gasteiger partial charge in [-0.2, -0.15) is 0 Å². The fourth-order valence-corrected chi connectivity index (χ4v) is 3.62. The minimum atomic E-state index is 0.194. The van der Waals surface area contributed by atoms with Gasteiger partial charge < -0.3 is 9.80 Å². The van der Waals surface area contributed by atoms with Crippen LogP contribution >= 0.6 is 20.2 Å². The number of rotatable bonds is 5. The molecular weight excluding hydrogens is 495 g/mol. The van der Waals surface area contributed by atoms with Crippen LogP contribution in [0.4, 0.5) is 11.4 Å². The van der Waals surface area contributed by atoms with Gasteiger partial charge in [0, 0.05) is 39.3 Å². The normalized spacial score (nSPS) is 11.3. The summed E-state index contributed by atoms with van der Waals surface area (Å²) in [7, 11) is 17.5. The minimum absolute atomic E-state index is 0.194. The molecule has 33 heavy (non-hydrogen) atoms. The summed E-state index contributed by atoms with van der Waals surface area (Å²) in [6.45, 7) is 0. The standard InChI is InChI=1S/C26H26N4.2ClH.Fe/c1-29(2)17-27-23-15-13-19-9-5-7-11-21(19)25(23)26-22-12-8-6-10-20(22)14-16-24(26)28-18-30(3)4;;;/h5-18H,1-4H3;2*1H;/q;;;+2/p-2. The summed E-state index contributed by atoms with van der Waals surface area (Å²) in [5, 5.41) is 4.71. The second-order valence-corrected chi connectivity index (χ2v) is 9.65. The average molecular weight is 521 g/mol. The van der Waals surface area contributed by atoms with Crippen molar-refractivity contribution in [3.8, 4) is 11.1 Å². The molecule has 0 aliphatic rings. The zero-order valence-electron chi connectivity index (χ0n) is 19.0. The molecule has 0 saturated carbocycles. The van der Waals surface area contributed by atoms with E-state index in [1.54, 1.807) is 0 Å². The van der Waals surface area contributed by atoms with Crippen LogP contribution in [-0.2, 0) is 13.1 Å². The van der Waals surface area contributed by atoms with Gasteiger partial charge >= 0.3 is 33.3 Å². The van der Waals surface area contributed by atoms with Crippen LogP contribution in [0.2, 0.25) is 0 Å². The summed E-state index contributed by atoms with van der Waals surface area (Å²) in [6, 6.07) is 25.4. The van der Waals surface area contributed by atoms with Gasteiger partial charge in [0.15, 0.2) is 0 Å². The van der Waals surface area contributed by atoms with Crippen molar-refractivity contribution < 1.29 is 13.1 Å². The number of fused-ring (bicyclic) bond motifs is 2. The van der Waals surface area contributed by atoms with E-state index < -0.39 is 0 Å². The molecule has 0 radical (unpaired) electrons. The quantitative estimate of drug-likeness (QED) is 0.155. The molecule has 172 valence electrons. The molecule has 0 N–H and O–H groups in total. The Kier molecular flexibility index (Phi) is 9.16. The van der Waals surface area contributed by atoms with Gasteiger partial charge in [-0.25, -0.2) is 9.98 Å². The first kappa shape index (κ1) is 25.1. The molecule has 0 bridgehead atoms. The van der Waals surface area contributed by atoms with Gasteiger partial charge in [0.1, 0.15) is 0 Å². The molecule has 0 amide bonds. The van der Waals surface area contributed by atoms with E-state index in [0.29, 0.717) is 0 Å². The Labute approximate surface area is 210 Å². The molecule has 7 heteroatoms. The number of nitrogens with zero attached hydrogens (tertiary/aromatic N) is 4. The summed E-state index contributed by atoms with van der Waals surface area (Å²) in [5.74, 6) is 0. The van der Waals surface area contributed by atoms with Crippen LogP contribution in [0.3, 0.4) is 0 Å². The number of hydrogen-bond donors (Lipinski definition) is 0. The van der Waals surface area contributed by atoms with Crippen LogP contribution in [0, 0.1) is 0 Å². The number of benzene rings is 4. The van der Waals surface area contributed by atoms with Gasteiger partial charge in [0.25, 0.3) is 0 Å². The van der Waals surface area contributed by atoms with E-state index in [1.165, 1.54) is 21.5 Å². The van der Waals surface area contributed by atoms with Gasteiger partial charge in [0.05, 0.1) is 24.1 Å². The summed E-state index contributed by atoms with van der Waals surface area (Å²) in [5.41, 5.74) is 4.07. The summed E-state index contributed by atoms with van der Waals surface area (Å²) < 4.78 is 0. The Balaban J connectivity index is 0.000000968. The van der Waals surface area contributed by atoms with Crippen molar-refractivity contribution in [3.05, 3.63) is 72.8 Å². The van der Waals surface area contributed by atoms with E-state index in [4.69, 9.17) is 30.2 Å². The number of hydrogen-bond acceptors (Lipinski definition) is 2. The first-order chi connectivity index (χ1) is 16.0. The van der Waals surface area contributed by atoms with E-state index in [2.05, 4.69) is 72.8 Å². The summed E-state index contributed by atoms with van der Waals surface area (Å²) >= 11 is 0.194. The van der Waals surface area contributed by atoms with Crippen molar-refractivity contribution in [2.45, 2.75) is 0 Å². The van der Waals surface area contributed by atoms with Crippen molar-refractivity contribution in [2.24, 2.45) is 9.98 Å².